The molecule has 1 unspecified atom stereocenters. The van der Waals surface area contributed by atoms with Crippen LogP contribution in [0.5, 0.6) is 0 Å². The Balaban J connectivity index is 1.77. The van der Waals surface area contributed by atoms with Crippen molar-refractivity contribution < 1.29 is 4.74 Å². The summed E-state index contributed by atoms with van der Waals surface area (Å²) in [6.07, 6.45) is 8.04. The first-order valence-electron chi connectivity index (χ1n) is 8.63. The van der Waals surface area contributed by atoms with E-state index in [-0.39, 0.29) is 5.41 Å². The molecule has 3 rings (SSSR count). The van der Waals surface area contributed by atoms with Crippen LogP contribution >= 0.6 is 0 Å². The normalized spacial score (nSPS) is 25.1. The molecular formula is C19H29NO. The molecule has 2 nitrogen and oxygen atoms in total. The number of benzene rings is 1. The molecule has 0 aliphatic heterocycles. The molecule has 0 radical (unpaired) electrons. The lowest BCUT2D eigenvalue weighted by molar-refractivity contribution is 0.0610. The van der Waals surface area contributed by atoms with Gasteiger partial charge in [0.05, 0.1) is 6.10 Å². The number of hydrogen-bond donors (Lipinski definition) is 1. The Morgan fingerprint density at radius 1 is 1.29 bits per heavy atom. The van der Waals surface area contributed by atoms with E-state index in [0.717, 1.165) is 25.6 Å². The molecule has 0 saturated heterocycles. The third-order valence-electron chi connectivity index (χ3n) is 5.03. The van der Waals surface area contributed by atoms with Crippen molar-refractivity contribution >= 4 is 0 Å². The van der Waals surface area contributed by atoms with E-state index in [4.69, 9.17) is 4.74 Å². The molecule has 1 aromatic rings. The van der Waals surface area contributed by atoms with Gasteiger partial charge >= 0.3 is 0 Å². The van der Waals surface area contributed by atoms with Crippen LogP contribution in [0.1, 0.15) is 57.1 Å². The highest BCUT2D eigenvalue weighted by Crippen LogP contribution is 2.40. The van der Waals surface area contributed by atoms with Gasteiger partial charge in [-0.1, -0.05) is 24.3 Å². The maximum absolute atomic E-state index is 5.88. The second-order valence-electron chi connectivity index (χ2n) is 7.12. The lowest BCUT2D eigenvalue weighted by Crippen LogP contribution is -2.42. The molecule has 0 spiro atoms. The molecule has 0 amide bonds. The minimum Gasteiger partial charge on any atom is -0.379 e. The van der Waals surface area contributed by atoms with E-state index in [1.165, 1.54) is 32.1 Å². The van der Waals surface area contributed by atoms with E-state index in [9.17, 15) is 0 Å². The average molecular weight is 287 g/mol. The number of fused-ring (bicyclic) bond motifs is 1. The van der Waals surface area contributed by atoms with Gasteiger partial charge in [0.25, 0.3) is 0 Å². The van der Waals surface area contributed by atoms with Crippen LogP contribution < -0.4 is 5.32 Å². The standard InChI is InChI=1S/C19H29NO/c1-15(2)21-13-12-19(14-20-17-9-10-17)11-5-7-16-6-3-4-8-18(16)19/h3-4,6,8,15,17,20H,5,7,9-14H2,1-2H3. The predicted octanol–water partition coefficient (Wildman–Crippen LogP) is 3.83. The molecule has 2 aliphatic carbocycles. The van der Waals surface area contributed by atoms with Gasteiger partial charge in [0.15, 0.2) is 0 Å². The van der Waals surface area contributed by atoms with Crippen molar-refractivity contribution in [3.05, 3.63) is 35.4 Å². The summed E-state index contributed by atoms with van der Waals surface area (Å²) in [5, 5.41) is 3.79. The minimum atomic E-state index is 0.284. The molecule has 0 heterocycles. The predicted molar refractivity (Wildman–Crippen MR) is 87.8 cm³/mol. The lowest BCUT2D eigenvalue weighted by Gasteiger charge is -2.40. The Morgan fingerprint density at radius 3 is 2.86 bits per heavy atom. The topological polar surface area (TPSA) is 21.3 Å². The maximum atomic E-state index is 5.88. The monoisotopic (exact) mass is 287 g/mol. The van der Waals surface area contributed by atoms with Crippen molar-refractivity contribution in [1.29, 1.82) is 0 Å². The molecule has 1 N–H and O–H groups in total. The second kappa shape index (κ2) is 6.50. The third-order valence-corrected chi connectivity index (χ3v) is 5.03. The quantitative estimate of drug-likeness (QED) is 0.823. The molecule has 0 bridgehead atoms. The van der Waals surface area contributed by atoms with Crippen LogP contribution in [0.3, 0.4) is 0 Å². The zero-order valence-electron chi connectivity index (χ0n) is 13.5. The molecule has 1 aromatic carbocycles. The first-order chi connectivity index (χ1) is 10.2. The van der Waals surface area contributed by atoms with Crippen LogP contribution in [0, 0.1) is 0 Å². The Bertz CT molecular complexity index is 466. The van der Waals surface area contributed by atoms with Crippen molar-refractivity contribution in [3.8, 4) is 0 Å². The van der Waals surface area contributed by atoms with E-state index in [2.05, 4.69) is 43.4 Å². The fraction of sp³-hybridized carbons (Fsp3) is 0.684. The van der Waals surface area contributed by atoms with Crippen LogP contribution in [0.25, 0.3) is 0 Å². The van der Waals surface area contributed by atoms with Crippen molar-refractivity contribution in [2.45, 2.75) is 69.9 Å². The maximum Gasteiger partial charge on any atom is 0.0518 e. The van der Waals surface area contributed by atoms with Gasteiger partial charge in [0, 0.05) is 24.6 Å². The van der Waals surface area contributed by atoms with Crippen LogP contribution in [-0.2, 0) is 16.6 Å². The number of hydrogen-bond acceptors (Lipinski definition) is 2. The first-order valence-corrected chi connectivity index (χ1v) is 8.63. The number of aryl methyl sites for hydroxylation is 1. The van der Waals surface area contributed by atoms with Gasteiger partial charge < -0.3 is 10.1 Å². The molecule has 116 valence electrons. The average Bonchev–Trinajstić information content (AvgIpc) is 3.29. The largest absolute Gasteiger partial charge is 0.379 e. The Morgan fingerprint density at radius 2 is 2.10 bits per heavy atom. The van der Waals surface area contributed by atoms with Gasteiger partial charge in [-0.15, -0.1) is 0 Å². The summed E-state index contributed by atoms with van der Waals surface area (Å²) >= 11 is 0. The highest BCUT2D eigenvalue weighted by Gasteiger charge is 2.37. The SMILES string of the molecule is CC(C)OCCC1(CNC2CC2)CCCc2ccccc21. The van der Waals surface area contributed by atoms with Crippen molar-refractivity contribution in [2.75, 3.05) is 13.2 Å². The molecule has 1 saturated carbocycles. The van der Waals surface area contributed by atoms with E-state index in [0.29, 0.717) is 6.10 Å². The van der Waals surface area contributed by atoms with E-state index >= 15 is 0 Å². The molecular weight excluding hydrogens is 258 g/mol. The smallest absolute Gasteiger partial charge is 0.0518 e. The summed E-state index contributed by atoms with van der Waals surface area (Å²) in [7, 11) is 0. The van der Waals surface area contributed by atoms with Gasteiger partial charge in [0.2, 0.25) is 0 Å². The van der Waals surface area contributed by atoms with E-state index in [1.54, 1.807) is 11.1 Å². The van der Waals surface area contributed by atoms with Gasteiger partial charge in [-0.2, -0.15) is 0 Å². The van der Waals surface area contributed by atoms with Crippen LogP contribution in [0.4, 0.5) is 0 Å². The molecule has 0 aromatic heterocycles. The molecule has 1 fully saturated rings. The van der Waals surface area contributed by atoms with Crippen molar-refractivity contribution in [2.24, 2.45) is 0 Å². The van der Waals surface area contributed by atoms with E-state index < -0.39 is 0 Å². The van der Waals surface area contributed by atoms with Crippen molar-refractivity contribution in [1.82, 2.24) is 5.32 Å². The van der Waals surface area contributed by atoms with Gasteiger partial charge in [0.1, 0.15) is 0 Å². The van der Waals surface area contributed by atoms with Crippen LogP contribution in [-0.4, -0.2) is 25.3 Å². The Labute approximate surface area is 129 Å². The number of ether oxygens (including phenoxy) is 1. The van der Waals surface area contributed by atoms with E-state index in [1.807, 2.05) is 0 Å². The summed E-state index contributed by atoms with van der Waals surface area (Å²) in [5.74, 6) is 0. The molecule has 1 atom stereocenters. The van der Waals surface area contributed by atoms with Crippen LogP contribution in [0.2, 0.25) is 0 Å². The summed E-state index contributed by atoms with van der Waals surface area (Å²) in [6.45, 7) is 6.25. The zero-order valence-corrected chi connectivity index (χ0v) is 13.5. The lowest BCUT2D eigenvalue weighted by atomic mass is 9.68. The highest BCUT2D eigenvalue weighted by atomic mass is 16.5. The van der Waals surface area contributed by atoms with Crippen molar-refractivity contribution in [3.63, 3.8) is 0 Å². The van der Waals surface area contributed by atoms with Gasteiger partial charge in [-0.05, 0) is 63.5 Å². The van der Waals surface area contributed by atoms with Crippen LogP contribution in [0.15, 0.2) is 24.3 Å². The summed E-state index contributed by atoms with van der Waals surface area (Å²) in [6, 6.07) is 9.86. The third kappa shape index (κ3) is 3.67. The zero-order chi connectivity index (χ0) is 14.7. The van der Waals surface area contributed by atoms with Gasteiger partial charge in [-0.3, -0.25) is 0 Å². The minimum absolute atomic E-state index is 0.284. The fourth-order valence-corrected chi connectivity index (χ4v) is 3.66. The highest BCUT2D eigenvalue weighted by molar-refractivity contribution is 5.37. The molecule has 2 heteroatoms. The number of nitrogens with one attached hydrogen (secondary N) is 1. The Kier molecular flexibility index (Phi) is 4.66. The molecule has 2 aliphatic rings. The fourth-order valence-electron chi connectivity index (χ4n) is 3.66. The second-order valence-corrected chi connectivity index (χ2v) is 7.12. The first kappa shape index (κ1) is 15.1. The number of rotatable bonds is 7. The summed E-state index contributed by atoms with van der Waals surface area (Å²) < 4.78 is 5.88. The Hall–Kier alpha value is -0.860. The molecule has 21 heavy (non-hydrogen) atoms. The summed E-state index contributed by atoms with van der Waals surface area (Å²) in [5.41, 5.74) is 3.43. The summed E-state index contributed by atoms with van der Waals surface area (Å²) in [4.78, 5) is 0. The van der Waals surface area contributed by atoms with Gasteiger partial charge in [-0.25, -0.2) is 0 Å².